The topological polar surface area (TPSA) is 104 Å². The Morgan fingerprint density at radius 1 is 0.976 bits per heavy atom. The van der Waals surface area contributed by atoms with Gasteiger partial charge in [0.15, 0.2) is 6.10 Å². The molecule has 1 aromatic heterocycles. The van der Waals surface area contributed by atoms with Crippen molar-refractivity contribution in [3.05, 3.63) is 136 Å². The number of β-lactam (4-membered cyclic amide) rings is 1. The number of ether oxygens (including phenoxy) is 1. The molecule has 0 bridgehead atoms. The van der Waals surface area contributed by atoms with Gasteiger partial charge < -0.3 is 10.1 Å². The Hall–Kier alpha value is -4.28. The van der Waals surface area contributed by atoms with Crippen LogP contribution >= 0.6 is 23.5 Å². The van der Waals surface area contributed by atoms with Gasteiger partial charge in [0.1, 0.15) is 17.1 Å². The van der Waals surface area contributed by atoms with E-state index in [1.54, 1.807) is 12.4 Å². The smallest absolute Gasteiger partial charge is 0.356 e. The fraction of sp³-hybridized carbons (Fsp3) is 0.188. The van der Waals surface area contributed by atoms with E-state index in [-0.39, 0.29) is 23.9 Å². The van der Waals surface area contributed by atoms with Gasteiger partial charge in [-0.1, -0.05) is 91.0 Å². The Bertz CT molecular complexity index is 1540. The van der Waals surface area contributed by atoms with Crippen molar-refractivity contribution in [2.45, 2.75) is 29.7 Å². The minimum absolute atomic E-state index is 0.175. The average molecular weight is 597 g/mol. The Labute approximate surface area is 251 Å². The normalized spacial score (nSPS) is 17.9. The zero-order chi connectivity index (χ0) is 28.9. The van der Waals surface area contributed by atoms with Crippen molar-refractivity contribution in [2.24, 2.45) is 0 Å². The molecule has 0 aliphatic carbocycles. The SMILES string of the molecule is O=C(Cc1ccccc1)N[C@@H]1C(=O)N2C(C(=O)OC(c3ccccc3)c3ccccc3)=C(SCc3cn[nH]c3)CS[C@@H]12. The highest BCUT2D eigenvalue weighted by atomic mass is 32.2. The molecule has 2 aliphatic heterocycles. The molecule has 3 heterocycles. The number of thioether (sulfide) groups is 2. The summed E-state index contributed by atoms with van der Waals surface area (Å²) in [5.74, 6) is -0.0452. The van der Waals surface area contributed by atoms with Crippen LogP contribution in [0.25, 0.3) is 0 Å². The number of H-pyrrole nitrogens is 1. The van der Waals surface area contributed by atoms with Crippen LogP contribution in [0.2, 0.25) is 0 Å². The maximum absolute atomic E-state index is 14.0. The molecule has 2 aliphatic rings. The van der Waals surface area contributed by atoms with Crippen molar-refractivity contribution in [1.82, 2.24) is 20.4 Å². The number of carbonyl (C=O) groups excluding carboxylic acids is 3. The second kappa shape index (κ2) is 12.7. The summed E-state index contributed by atoms with van der Waals surface area (Å²) in [6.07, 6.45) is 3.06. The van der Waals surface area contributed by atoms with E-state index in [9.17, 15) is 14.4 Å². The lowest BCUT2D eigenvalue weighted by molar-refractivity contribution is -0.154. The number of aromatic amines is 1. The molecule has 10 heteroatoms. The van der Waals surface area contributed by atoms with Gasteiger partial charge in [-0.25, -0.2) is 4.79 Å². The van der Waals surface area contributed by atoms with Crippen LogP contribution in [0.4, 0.5) is 0 Å². The number of carbonyl (C=O) groups is 3. The van der Waals surface area contributed by atoms with Crippen LogP contribution in [-0.4, -0.2) is 50.0 Å². The maximum atomic E-state index is 14.0. The first kappa shape index (κ1) is 27.9. The second-order valence-electron chi connectivity index (χ2n) is 9.89. The van der Waals surface area contributed by atoms with Gasteiger partial charge in [-0.3, -0.25) is 19.6 Å². The van der Waals surface area contributed by atoms with Crippen LogP contribution in [0.5, 0.6) is 0 Å². The van der Waals surface area contributed by atoms with Crippen LogP contribution in [0, 0.1) is 0 Å². The van der Waals surface area contributed by atoms with E-state index in [4.69, 9.17) is 4.74 Å². The zero-order valence-corrected chi connectivity index (χ0v) is 24.1. The number of aromatic nitrogens is 2. The van der Waals surface area contributed by atoms with Crippen LogP contribution in [0.3, 0.4) is 0 Å². The molecule has 2 amide bonds. The van der Waals surface area contributed by atoms with E-state index in [0.717, 1.165) is 27.2 Å². The molecular weight excluding hydrogens is 569 g/mol. The second-order valence-corrected chi connectivity index (χ2v) is 12.1. The Morgan fingerprint density at radius 2 is 1.62 bits per heavy atom. The first-order valence-corrected chi connectivity index (χ1v) is 15.5. The molecule has 4 aromatic rings. The molecule has 1 fully saturated rings. The average Bonchev–Trinajstić information content (AvgIpc) is 3.56. The molecule has 1 saturated heterocycles. The highest BCUT2D eigenvalue weighted by molar-refractivity contribution is 8.05. The minimum atomic E-state index is -0.714. The Kier molecular flexibility index (Phi) is 8.43. The van der Waals surface area contributed by atoms with E-state index in [1.807, 2.05) is 91.0 Å². The van der Waals surface area contributed by atoms with Gasteiger partial charge in [-0.05, 0) is 16.7 Å². The summed E-state index contributed by atoms with van der Waals surface area (Å²) < 4.78 is 6.21. The summed E-state index contributed by atoms with van der Waals surface area (Å²) in [6, 6.07) is 27.8. The van der Waals surface area contributed by atoms with Crippen molar-refractivity contribution < 1.29 is 19.1 Å². The summed E-state index contributed by atoms with van der Waals surface area (Å²) in [5, 5.41) is 9.31. The van der Waals surface area contributed by atoms with Gasteiger partial charge in [-0.2, -0.15) is 5.10 Å². The number of hydrogen-bond donors (Lipinski definition) is 2. The van der Waals surface area contributed by atoms with Crippen LogP contribution in [-0.2, 0) is 31.3 Å². The lowest BCUT2D eigenvalue weighted by Crippen LogP contribution is -2.70. The number of fused-ring (bicyclic) bond motifs is 1. The number of hydrogen-bond acceptors (Lipinski definition) is 7. The molecule has 0 unspecified atom stereocenters. The van der Waals surface area contributed by atoms with Gasteiger partial charge in [0.05, 0.1) is 12.6 Å². The van der Waals surface area contributed by atoms with Crippen LogP contribution in [0.1, 0.15) is 28.4 Å². The molecule has 0 spiro atoms. The summed E-state index contributed by atoms with van der Waals surface area (Å²) in [6.45, 7) is 0. The lowest BCUT2D eigenvalue weighted by Gasteiger charge is -2.49. The largest absolute Gasteiger partial charge is 0.448 e. The number of nitrogens with one attached hydrogen (secondary N) is 2. The molecule has 6 rings (SSSR count). The first-order valence-electron chi connectivity index (χ1n) is 13.5. The van der Waals surface area contributed by atoms with Crippen molar-refractivity contribution in [3.63, 3.8) is 0 Å². The van der Waals surface area contributed by atoms with Crippen molar-refractivity contribution in [1.29, 1.82) is 0 Å². The van der Waals surface area contributed by atoms with Gasteiger partial charge in [0.2, 0.25) is 5.91 Å². The molecule has 2 N–H and O–H groups in total. The maximum Gasteiger partial charge on any atom is 0.356 e. The van der Waals surface area contributed by atoms with Crippen molar-refractivity contribution in [3.8, 4) is 0 Å². The summed E-state index contributed by atoms with van der Waals surface area (Å²) >= 11 is 3.02. The summed E-state index contributed by atoms with van der Waals surface area (Å²) in [4.78, 5) is 42.6. The van der Waals surface area contributed by atoms with Crippen molar-refractivity contribution in [2.75, 3.05) is 5.75 Å². The number of benzene rings is 3. The predicted octanol–water partition coefficient (Wildman–Crippen LogP) is 4.83. The summed E-state index contributed by atoms with van der Waals surface area (Å²) in [7, 11) is 0. The number of rotatable bonds is 10. The van der Waals surface area contributed by atoms with Gasteiger partial charge in [0.25, 0.3) is 5.91 Å². The number of amides is 2. The fourth-order valence-corrected chi connectivity index (χ4v) is 7.52. The minimum Gasteiger partial charge on any atom is -0.448 e. The molecule has 0 radical (unpaired) electrons. The van der Waals surface area contributed by atoms with Crippen LogP contribution < -0.4 is 5.32 Å². The molecule has 3 aromatic carbocycles. The van der Waals surface area contributed by atoms with Gasteiger partial charge in [0, 0.05) is 28.2 Å². The number of esters is 1. The van der Waals surface area contributed by atoms with E-state index in [0.29, 0.717) is 11.5 Å². The summed E-state index contributed by atoms with van der Waals surface area (Å²) in [5.41, 5.74) is 3.73. The number of nitrogens with zero attached hydrogens (tertiary/aromatic N) is 2. The molecule has 212 valence electrons. The third-order valence-corrected chi connectivity index (χ3v) is 9.67. The van der Waals surface area contributed by atoms with E-state index < -0.39 is 23.5 Å². The monoisotopic (exact) mass is 596 g/mol. The molecule has 0 saturated carbocycles. The first-order chi connectivity index (χ1) is 20.6. The van der Waals surface area contributed by atoms with E-state index >= 15 is 0 Å². The van der Waals surface area contributed by atoms with E-state index in [2.05, 4.69) is 15.5 Å². The molecule has 42 heavy (non-hydrogen) atoms. The highest BCUT2D eigenvalue weighted by Gasteiger charge is 2.54. The molecule has 2 atom stereocenters. The van der Waals surface area contributed by atoms with Crippen LogP contribution in [0.15, 0.2) is 114 Å². The Morgan fingerprint density at radius 3 is 2.24 bits per heavy atom. The highest BCUT2D eigenvalue weighted by Crippen LogP contribution is 2.45. The third kappa shape index (κ3) is 6.00. The van der Waals surface area contributed by atoms with Gasteiger partial charge in [-0.15, -0.1) is 23.5 Å². The quantitative estimate of drug-likeness (QED) is 0.200. The third-order valence-electron chi connectivity index (χ3n) is 7.05. The van der Waals surface area contributed by atoms with Crippen molar-refractivity contribution >= 4 is 41.3 Å². The lowest BCUT2D eigenvalue weighted by atomic mass is 10.0. The Balaban J connectivity index is 1.26. The predicted molar refractivity (Wildman–Crippen MR) is 163 cm³/mol. The molecule has 8 nitrogen and oxygen atoms in total. The van der Waals surface area contributed by atoms with Gasteiger partial charge >= 0.3 is 5.97 Å². The standard InChI is InChI=1S/C32H28N4O4S2/c37-26(16-21-10-4-1-5-11-21)35-27-30(38)36-28(25(20-42-31(27)36)41-19-22-17-33-34-18-22)32(39)40-29(23-12-6-2-7-13-23)24-14-8-3-9-15-24/h1-15,17-18,27,29,31H,16,19-20H2,(H,33,34)(H,35,37)/t27-,31+/m1/s1. The molecular formula is C32H28N4O4S2. The fourth-order valence-electron chi connectivity index (χ4n) is 4.97. The van der Waals surface area contributed by atoms with E-state index in [1.165, 1.54) is 28.4 Å². The zero-order valence-electron chi connectivity index (χ0n) is 22.5.